The van der Waals surface area contributed by atoms with E-state index in [4.69, 9.17) is 0 Å². The maximum Gasteiger partial charge on any atom is 0.456 e. The maximum atomic E-state index is 13.5. The van der Waals surface area contributed by atoms with Gasteiger partial charge >= 0.3 is 12.1 Å². The van der Waals surface area contributed by atoms with Crippen LogP contribution in [0.2, 0.25) is 0 Å². The average molecular weight is 286 g/mol. The molecule has 1 nitrogen and oxygen atoms in total. The lowest BCUT2D eigenvalue weighted by Gasteiger charge is -2.36. The van der Waals surface area contributed by atoms with Crippen LogP contribution < -0.4 is 0 Å². The first kappa shape index (κ1) is 16.4. The molecule has 0 aromatic rings. The Balaban J connectivity index is 3.03. The monoisotopic (exact) mass is 286 g/mol. The minimum atomic E-state index is -5.73. The van der Waals surface area contributed by atoms with Gasteiger partial charge in [0.2, 0.25) is 0 Å². The Morgan fingerprint density at radius 1 is 1.16 bits per heavy atom. The predicted octanol–water partition coefficient (Wildman–Crippen LogP) is 4.61. The van der Waals surface area contributed by atoms with Crippen molar-refractivity contribution in [3.8, 4) is 0 Å². The van der Waals surface area contributed by atoms with E-state index >= 15 is 0 Å². The summed E-state index contributed by atoms with van der Waals surface area (Å²) in [7, 11) is 0. The number of alkyl halides is 5. The summed E-state index contributed by atoms with van der Waals surface area (Å²) in [6.07, 6.45) is -4.02. The van der Waals surface area contributed by atoms with Crippen LogP contribution >= 0.6 is 0 Å². The van der Waals surface area contributed by atoms with E-state index in [1.54, 1.807) is 0 Å². The summed E-state index contributed by atoms with van der Waals surface area (Å²) in [5.41, 5.74) is -2.73. The summed E-state index contributed by atoms with van der Waals surface area (Å²) in [5.74, 6) is -5.10. The molecular formula is C13H19F5O. The Labute approximate surface area is 109 Å². The predicted molar refractivity (Wildman–Crippen MR) is 62.0 cm³/mol. The van der Waals surface area contributed by atoms with Gasteiger partial charge in [-0.05, 0) is 38.2 Å². The van der Waals surface area contributed by atoms with Crippen molar-refractivity contribution in [2.24, 2.45) is 0 Å². The highest BCUT2D eigenvalue weighted by Crippen LogP contribution is 2.53. The first-order valence-electron chi connectivity index (χ1n) is 6.44. The first-order valence-corrected chi connectivity index (χ1v) is 6.44. The summed E-state index contributed by atoms with van der Waals surface area (Å²) in [6, 6.07) is 0. The highest BCUT2D eigenvalue weighted by molar-refractivity contribution is 5.33. The molecule has 1 unspecified atom stereocenters. The van der Waals surface area contributed by atoms with Gasteiger partial charge in [-0.1, -0.05) is 25.3 Å². The number of aliphatic hydroxyl groups is 1. The SMILES string of the molecule is CCCCCC1=C(C)CCC1(O)C(F)(F)C(F)(F)F. The van der Waals surface area contributed by atoms with Gasteiger partial charge in [-0.15, -0.1) is 0 Å². The van der Waals surface area contributed by atoms with Crippen molar-refractivity contribution in [2.75, 3.05) is 0 Å². The summed E-state index contributed by atoms with van der Waals surface area (Å²) < 4.78 is 64.5. The molecule has 0 radical (unpaired) electrons. The zero-order chi connectivity index (χ0) is 14.9. The van der Waals surface area contributed by atoms with Gasteiger partial charge in [0.05, 0.1) is 0 Å². The van der Waals surface area contributed by atoms with Gasteiger partial charge < -0.3 is 5.11 Å². The van der Waals surface area contributed by atoms with E-state index in [2.05, 4.69) is 0 Å². The Kier molecular flexibility index (Phi) is 4.65. The topological polar surface area (TPSA) is 20.2 Å². The van der Waals surface area contributed by atoms with Gasteiger partial charge in [0.25, 0.3) is 0 Å². The molecule has 1 aliphatic rings. The van der Waals surface area contributed by atoms with Crippen LogP contribution in [0.15, 0.2) is 11.1 Å². The van der Waals surface area contributed by atoms with Crippen LogP contribution in [-0.4, -0.2) is 22.8 Å². The highest BCUT2D eigenvalue weighted by Gasteiger charge is 2.71. The smallest absolute Gasteiger partial charge is 0.379 e. The molecule has 1 N–H and O–H groups in total. The summed E-state index contributed by atoms with van der Waals surface area (Å²) >= 11 is 0. The second-order valence-electron chi connectivity index (χ2n) is 5.15. The minimum absolute atomic E-state index is 0.0869. The lowest BCUT2D eigenvalue weighted by Crippen LogP contribution is -2.57. The molecule has 1 atom stereocenters. The number of allylic oxidation sites excluding steroid dienone is 1. The lowest BCUT2D eigenvalue weighted by molar-refractivity contribution is -0.333. The Morgan fingerprint density at radius 3 is 2.21 bits per heavy atom. The van der Waals surface area contributed by atoms with E-state index in [9.17, 15) is 27.1 Å². The third-order valence-electron chi connectivity index (χ3n) is 3.78. The Hall–Kier alpha value is -0.650. The molecule has 0 aromatic heterocycles. The van der Waals surface area contributed by atoms with E-state index in [0.717, 1.165) is 12.8 Å². The quantitative estimate of drug-likeness (QED) is 0.444. The molecule has 0 amide bonds. The zero-order valence-electron chi connectivity index (χ0n) is 11.1. The van der Waals surface area contributed by atoms with Gasteiger partial charge in [-0.25, -0.2) is 0 Å². The van der Waals surface area contributed by atoms with Gasteiger partial charge in [0.15, 0.2) is 5.60 Å². The zero-order valence-corrected chi connectivity index (χ0v) is 11.1. The molecule has 1 rings (SSSR count). The molecule has 0 heterocycles. The van der Waals surface area contributed by atoms with Crippen molar-refractivity contribution >= 4 is 0 Å². The van der Waals surface area contributed by atoms with Crippen LogP contribution in [0.4, 0.5) is 22.0 Å². The first-order chi connectivity index (χ1) is 8.58. The number of halogens is 5. The van der Waals surface area contributed by atoms with Gasteiger partial charge in [0.1, 0.15) is 0 Å². The molecule has 0 bridgehead atoms. The molecule has 0 fully saturated rings. The maximum absolute atomic E-state index is 13.5. The number of hydrogen-bond donors (Lipinski definition) is 1. The van der Waals surface area contributed by atoms with E-state index in [1.165, 1.54) is 6.92 Å². The van der Waals surface area contributed by atoms with Crippen molar-refractivity contribution in [1.82, 2.24) is 0 Å². The van der Waals surface area contributed by atoms with Gasteiger partial charge in [-0.2, -0.15) is 22.0 Å². The largest absolute Gasteiger partial charge is 0.456 e. The third-order valence-corrected chi connectivity index (χ3v) is 3.78. The van der Waals surface area contributed by atoms with E-state index in [1.807, 2.05) is 6.92 Å². The van der Waals surface area contributed by atoms with Crippen molar-refractivity contribution in [3.05, 3.63) is 11.1 Å². The second-order valence-corrected chi connectivity index (χ2v) is 5.15. The lowest BCUT2D eigenvalue weighted by atomic mass is 9.84. The second kappa shape index (κ2) is 5.38. The third kappa shape index (κ3) is 2.78. The number of hydrogen-bond acceptors (Lipinski definition) is 1. The Bertz CT molecular complexity index is 359. The van der Waals surface area contributed by atoms with Crippen LogP contribution in [0.25, 0.3) is 0 Å². The van der Waals surface area contributed by atoms with Crippen LogP contribution in [0.3, 0.4) is 0 Å². The van der Waals surface area contributed by atoms with Crippen molar-refractivity contribution in [3.63, 3.8) is 0 Å². The summed E-state index contributed by atoms with van der Waals surface area (Å²) in [5, 5.41) is 9.96. The molecule has 0 aliphatic heterocycles. The van der Waals surface area contributed by atoms with Crippen molar-refractivity contribution in [2.45, 2.75) is 70.1 Å². The molecule has 0 spiro atoms. The highest BCUT2D eigenvalue weighted by atomic mass is 19.4. The van der Waals surface area contributed by atoms with E-state index in [-0.39, 0.29) is 18.4 Å². The van der Waals surface area contributed by atoms with Crippen LogP contribution in [0.1, 0.15) is 52.4 Å². The summed E-state index contributed by atoms with van der Waals surface area (Å²) in [4.78, 5) is 0. The van der Waals surface area contributed by atoms with Crippen LogP contribution in [0.5, 0.6) is 0 Å². The fourth-order valence-electron chi connectivity index (χ4n) is 2.58. The molecule has 0 saturated carbocycles. The van der Waals surface area contributed by atoms with Gasteiger partial charge in [-0.3, -0.25) is 0 Å². The van der Waals surface area contributed by atoms with Crippen molar-refractivity contribution < 1.29 is 27.1 Å². The minimum Gasteiger partial charge on any atom is -0.379 e. The normalized spacial score (nSPS) is 25.3. The fraction of sp³-hybridized carbons (Fsp3) is 0.846. The molecule has 112 valence electrons. The Morgan fingerprint density at radius 2 is 1.74 bits per heavy atom. The average Bonchev–Trinajstić information content (AvgIpc) is 2.57. The van der Waals surface area contributed by atoms with Crippen molar-refractivity contribution in [1.29, 1.82) is 0 Å². The van der Waals surface area contributed by atoms with Crippen LogP contribution in [-0.2, 0) is 0 Å². The number of unbranched alkanes of at least 4 members (excludes halogenated alkanes) is 2. The van der Waals surface area contributed by atoms with Gasteiger partial charge in [0, 0.05) is 0 Å². The number of rotatable bonds is 5. The molecule has 19 heavy (non-hydrogen) atoms. The molecule has 0 saturated heterocycles. The standard InChI is InChI=1S/C13H19F5O/c1-3-4-5-6-10-9(2)7-8-11(10,19)12(14,15)13(16,17)18/h19H,3-8H2,1-2H3. The fourth-order valence-corrected chi connectivity index (χ4v) is 2.58. The van der Waals surface area contributed by atoms with Crippen LogP contribution in [0, 0.1) is 0 Å². The molecular weight excluding hydrogens is 267 g/mol. The van der Waals surface area contributed by atoms with E-state index < -0.39 is 24.1 Å². The molecule has 6 heteroatoms. The molecule has 0 aromatic carbocycles. The van der Waals surface area contributed by atoms with E-state index in [0.29, 0.717) is 12.0 Å². The summed E-state index contributed by atoms with van der Waals surface area (Å²) in [6.45, 7) is 3.43. The molecule has 1 aliphatic carbocycles.